The van der Waals surface area contributed by atoms with E-state index in [-0.39, 0.29) is 25.2 Å². The summed E-state index contributed by atoms with van der Waals surface area (Å²) in [5.74, 6) is -3.30. The first kappa shape index (κ1) is 21.0. The van der Waals surface area contributed by atoms with Crippen molar-refractivity contribution in [2.45, 2.75) is 45.6 Å². The number of Topliss-reactive ketones (excluding diaryl/α,β-unsaturated/α-hetero) is 2. The number of benzene rings is 1. The number of carbonyl (C=O) groups excluding carboxylic acids is 3. The topological polar surface area (TPSA) is 104 Å². The summed E-state index contributed by atoms with van der Waals surface area (Å²) in [5, 5.41) is 12.4. The molecule has 1 saturated carbocycles. The van der Waals surface area contributed by atoms with Gasteiger partial charge in [-0.1, -0.05) is 23.7 Å². The number of nitrogens with zero attached hydrogens (tertiary/aromatic N) is 1. The van der Waals surface area contributed by atoms with Crippen LogP contribution < -0.4 is 0 Å². The summed E-state index contributed by atoms with van der Waals surface area (Å²) < 4.78 is 5.15. The number of ether oxygens (including phenoxy) is 1. The van der Waals surface area contributed by atoms with Crippen molar-refractivity contribution in [2.75, 3.05) is 6.61 Å². The Labute approximate surface area is 162 Å². The molecular weight excluding hydrogens is 374 g/mol. The lowest BCUT2D eigenvalue weighted by Crippen LogP contribution is -2.44. The maximum atomic E-state index is 12.9. The number of hydrogen-bond donors (Lipinski definition) is 0. The summed E-state index contributed by atoms with van der Waals surface area (Å²) in [6.45, 7) is 4.23. The molecule has 1 aliphatic rings. The van der Waals surface area contributed by atoms with Gasteiger partial charge in [-0.05, 0) is 44.9 Å². The molecule has 0 saturated heterocycles. The minimum atomic E-state index is -1.71. The van der Waals surface area contributed by atoms with Crippen LogP contribution in [0.5, 0.6) is 0 Å². The molecule has 1 aliphatic carbocycles. The average Bonchev–Trinajstić information content (AvgIpc) is 2.91. The molecule has 7 nitrogen and oxygen atoms in total. The highest BCUT2D eigenvalue weighted by molar-refractivity contribution is 6.30. The van der Waals surface area contributed by atoms with Gasteiger partial charge in [-0.3, -0.25) is 19.7 Å². The van der Waals surface area contributed by atoms with Gasteiger partial charge in [-0.25, -0.2) is 0 Å². The SMILES string of the molecule is CCOC(=O)[C@]1(C(C)=O)C[C@@H](CC(C)=O)[C@@H]([N+](=O)[O-])[C@@H]1c1ccc(Cl)cc1. The first-order valence-corrected chi connectivity index (χ1v) is 9.09. The van der Waals surface area contributed by atoms with Crippen LogP contribution in [0.3, 0.4) is 0 Å². The van der Waals surface area contributed by atoms with E-state index in [9.17, 15) is 24.5 Å². The fourth-order valence-corrected chi connectivity index (χ4v) is 4.34. The quantitative estimate of drug-likeness (QED) is 0.304. The van der Waals surface area contributed by atoms with Crippen LogP contribution >= 0.6 is 11.6 Å². The van der Waals surface area contributed by atoms with E-state index in [1.807, 2.05) is 0 Å². The van der Waals surface area contributed by atoms with Gasteiger partial charge in [0.1, 0.15) is 17.0 Å². The van der Waals surface area contributed by atoms with Gasteiger partial charge in [0.2, 0.25) is 6.04 Å². The van der Waals surface area contributed by atoms with Crippen molar-refractivity contribution in [1.29, 1.82) is 0 Å². The molecular formula is C19H22ClNO6. The van der Waals surface area contributed by atoms with Gasteiger partial charge in [-0.2, -0.15) is 0 Å². The lowest BCUT2D eigenvalue weighted by molar-refractivity contribution is -0.532. The molecule has 8 heteroatoms. The molecule has 0 aromatic heterocycles. The van der Waals surface area contributed by atoms with Crippen molar-refractivity contribution in [3.05, 3.63) is 45.0 Å². The maximum Gasteiger partial charge on any atom is 0.320 e. The van der Waals surface area contributed by atoms with E-state index in [0.717, 1.165) is 0 Å². The van der Waals surface area contributed by atoms with Gasteiger partial charge in [0, 0.05) is 22.3 Å². The van der Waals surface area contributed by atoms with E-state index in [2.05, 4.69) is 0 Å². The van der Waals surface area contributed by atoms with Gasteiger partial charge in [0.05, 0.1) is 12.5 Å². The van der Waals surface area contributed by atoms with Gasteiger partial charge in [0.25, 0.3) is 0 Å². The van der Waals surface area contributed by atoms with Crippen molar-refractivity contribution in [2.24, 2.45) is 11.3 Å². The number of hydrogen-bond acceptors (Lipinski definition) is 6. The normalized spacial score (nSPS) is 27.2. The zero-order valence-electron chi connectivity index (χ0n) is 15.4. The predicted octanol–water partition coefficient (Wildman–Crippen LogP) is 3.21. The third-order valence-corrected chi connectivity index (χ3v) is 5.48. The summed E-state index contributed by atoms with van der Waals surface area (Å²) in [7, 11) is 0. The first-order chi connectivity index (χ1) is 12.6. The molecule has 0 amide bonds. The number of halogens is 1. The number of rotatable bonds is 7. The molecule has 0 heterocycles. The van der Waals surface area contributed by atoms with Crippen LogP contribution in [0.2, 0.25) is 5.02 Å². The van der Waals surface area contributed by atoms with E-state index in [0.29, 0.717) is 10.6 Å². The summed E-state index contributed by atoms with van der Waals surface area (Å²) in [6, 6.07) is 5.01. The van der Waals surface area contributed by atoms with E-state index in [4.69, 9.17) is 16.3 Å². The monoisotopic (exact) mass is 395 g/mol. The third-order valence-electron chi connectivity index (χ3n) is 5.23. The van der Waals surface area contributed by atoms with Crippen LogP contribution in [-0.2, 0) is 19.1 Å². The second kappa shape index (κ2) is 8.17. The molecule has 1 aromatic carbocycles. The zero-order chi connectivity index (χ0) is 20.4. The minimum absolute atomic E-state index is 0.0434. The molecule has 2 rings (SSSR count). The molecule has 4 atom stereocenters. The standard InChI is InChI=1S/C19H22ClNO6/c1-4-27-18(24)19(12(3)23)10-14(9-11(2)22)17(21(25)26)16(19)13-5-7-15(20)8-6-13/h5-8,14,16-17H,4,9-10H2,1-3H3/t14-,16+,17-,19+/m1/s1. The van der Waals surface area contributed by atoms with Crippen molar-refractivity contribution in [3.63, 3.8) is 0 Å². The largest absolute Gasteiger partial charge is 0.465 e. The summed E-state index contributed by atoms with van der Waals surface area (Å²) >= 11 is 5.92. The van der Waals surface area contributed by atoms with E-state index in [1.165, 1.54) is 13.8 Å². The highest BCUT2D eigenvalue weighted by Crippen LogP contribution is 2.55. The molecule has 0 unspecified atom stereocenters. The number of ketones is 2. The maximum absolute atomic E-state index is 12.9. The molecule has 27 heavy (non-hydrogen) atoms. The average molecular weight is 396 g/mol. The van der Waals surface area contributed by atoms with E-state index >= 15 is 0 Å². The number of esters is 1. The smallest absolute Gasteiger partial charge is 0.320 e. The fraction of sp³-hybridized carbons (Fsp3) is 0.526. The summed E-state index contributed by atoms with van der Waals surface area (Å²) in [4.78, 5) is 48.7. The second-order valence-corrected chi connectivity index (χ2v) is 7.36. The van der Waals surface area contributed by atoms with E-state index in [1.54, 1.807) is 31.2 Å². The van der Waals surface area contributed by atoms with Crippen LogP contribution in [0.15, 0.2) is 24.3 Å². The van der Waals surface area contributed by atoms with Crippen molar-refractivity contribution in [1.82, 2.24) is 0 Å². The summed E-state index contributed by atoms with van der Waals surface area (Å²) in [6.07, 6.45) is -0.177. The lowest BCUT2D eigenvalue weighted by atomic mass is 9.70. The van der Waals surface area contributed by atoms with Crippen LogP contribution in [-0.4, -0.2) is 35.1 Å². The molecule has 1 aromatic rings. The Kier molecular flexibility index (Phi) is 6.36. The van der Waals surface area contributed by atoms with Crippen molar-refractivity contribution < 1.29 is 24.0 Å². The van der Waals surface area contributed by atoms with Crippen LogP contribution in [0.4, 0.5) is 0 Å². The zero-order valence-corrected chi connectivity index (χ0v) is 16.2. The Balaban J connectivity index is 2.70. The van der Waals surface area contributed by atoms with Gasteiger partial charge in [-0.15, -0.1) is 0 Å². The van der Waals surface area contributed by atoms with Gasteiger partial charge in [0.15, 0.2) is 0 Å². The van der Waals surface area contributed by atoms with Crippen LogP contribution in [0.1, 0.15) is 45.1 Å². The Bertz CT molecular complexity index is 762. The first-order valence-electron chi connectivity index (χ1n) is 8.71. The number of nitro groups is 1. The van der Waals surface area contributed by atoms with Crippen LogP contribution in [0.25, 0.3) is 0 Å². The molecule has 0 N–H and O–H groups in total. The predicted molar refractivity (Wildman–Crippen MR) is 98.1 cm³/mol. The second-order valence-electron chi connectivity index (χ2n) is 6.92. The summed E-state index contributed by atoms with van der Waals surface area (Å²) in [5.41, 5.74) is -1.25. The Morgan fingerprint density at radius 3 is 2.30 bits per heavy atom. The molecule has 1 fully saturated rings. The van der Waals surface area contributed by atoms with Gasteiger partial charge < -0.3 is 9.53 Å². The molecule has 0 bridgehead atoms. The van der Waals surface area contributed by atoms with Crippen molar-refractivity contribution in [3.8, 4) is 0 Å². The third kappa shape index (κ3) is 3.88. The lowest BCUT2D eigenvalue weighted by Gasteiger charge is -2.30. The molecule has 146 valence electrons. The fourth-order valence-electron chi connectivity index (χ4n) is 4.21. The Morgan fingerprint density at radius 2 is 1.85 bits per heavy atom. The molecule has 0 aliphatic heterocycles. The van der Waals surface area contributed by atoms with Gasteiger partial charge >= 0.3 is 5.97 Å². The number of carbonyl (C=O) groups is 3. The molecule has 0 radical (unpaired) electrons. The minimum Gasteiger partial charge on any atom is -0.465 e. The van der Waals surface area contributed by atoms with Crippen LogP contribution in [0, 0.1) is 21.4 Å². The Morgan fingerprint density at radius 1 is 1.26 bits per heavy atom. The highest BCUT2D eigenvalue weighted by atomic mass is 35.5. The highest BCUT2D eigenvalue weighted by Gasteiger charge is 2.66. The Hall–Kier alpha value is -2.28. The van der Waals surface area contributed by atoms with E-state index < -0.39 is 40.0 Å². The molecule has 0 spiro atoms. The van der Waals surface area contributed by atoms with Crippen molar-refractivity contribution >= 4 is 29.1 Å².